The minimum atomic E-state index is -3.68. The van der Waals surface area contributed by atoms with Crippen molar-refractivity contribution in [3.63, 3.8) is 0 Å². The maximum Gasteiger partial charge on any atom is 0.341 e. The zero-order valence-electron chi connectivity index (χ0n) is 12.7. The van der Waals surface area contributed by atoms with Crippen molar-refractivity contribution in [2.45, 2.75) is 24.3 Å². The van der Waals surface area contributed by atoms with Gasteiger partial charge in [-0.25, -0.2) is 17.9 Å². The van der Waals surface area contributed by atoms with Gasteiger partial charge < -0.3 is 15.2 Å². The highest BCUT2D eigenvalue weighted by molar-refractivity contribution is 7.89. The van der Waals surface area contributed by atoms with Crippen LogP contribution in [0.4, 0.5) is 0 Å². The first-order valence-corrected chi connectivity index (χ1v) is 7.81. The van der Waals surface area contributed by atoms with E-state index < -0.39 is 16.0 Å². The zero-order valence-corrected chi connectivity index (χ0v) is 14.3. The van der Waals surface area contributed by atoms with Gasteiger partial charge in [0.05, 0.1) is 19.1 Å². The number of sulfonamides is 1. The average molecular weight is 353 g/mol. The van der Waals surface area contributed by atoms with E-state index in [0.29, 0.717) is 6.42 Å². The molecule has 0 radical (unpaired) electrons. The van der Waals surface area contributed by atoms with Crippen LogP contribution in [0.5, 0.6) is 5.75 Å². The van der Waals surface area contributed by atoms with Gasteiger partial charge in [0.15, 0.2) is 0 Å². The molecule has 126 valence electrons. The van der Waals surface area contributed by atoms with E-state index in [2.05, 4.69) is 9.46 Å². The van der Waals surface area contributed by atoms with Gasteiger partial charge in [0.2, 0.25) is 10.0 Å². The van der Waals surface area contributed by atoms with E-state index in [1.165, 1.54) is 32.4 Å². The molecule has 0 spiro atoms. The van der Waals surface area contributed by atoms with Gasteiger partial charge in [0.1, 0.15) is 11.3 Å². The first kappa shape index (κ1) is 20.6. The standard InChI is InChI=1S/C13H20N2O5S.ClH/c1-9(14)6-7-15-21(17,18)10-4-5-11(13(16)20-3)12(8-10)19-2;/h4-5,8-9,15H,6-7,14H2,1-3H3;1H. The lowest BCUT2D eigenvalue weighted by atomic mass is 10.2. The first-order chi connectivity index (χ1) is 9.81. The fourth-order valence-corrected chi connectivity index (χ4v) is 2.68. The maximum atomic E-state index is 12.1. The number of nitrogens with two attached hydrogens (primary N) is 1. The highest BCUT2D eigenvalue weighted by Gasteiger charge is 2.19. The van der Waals surface area contributed by atoms with Crippen LogP contribution in [0, 0.1) is 0 Å². The summed E-state index contributed by atoms with van der Waals surface area (Å²) in [6.45, 7) is 2.03. The number of rotatable bonds is 7. The van der Waals surface area contributed by atoms with E-state index in [0.717, 1.165) is 0 Å². The molecule has 1 aromatic carbocycles. The van der Waals surface area contributed by atoms with Crippen LogP contribution in [0.2, 0.25) is 0 Å². The zero-order chi connectivity index (χ0) is 16.0. The fourth-order valence-electron chi connectivity index (χ4n) is 1.62. The Hall–Kier alpha value is -1.35. The van der Waals surface area contributed by atoms with E-state index in [-0.39, 0.29) is 41.2 Å². The molecule has 0 saturated heterocycles. The highest BCUT2D eigenvalue weighted by Crippen LogP contribution is 2.23. The Labute approximate surface area is 136 Å². The molecule has 1 unspecified atom stereocenters. The predicted octanol–water partition coefficient (Wildman–Crippen LogP) is 0.919. The number of halogens is 1. The summed E-state index contributed by atoms with van der Waals surface area (Å²) in [5.74, 6) is -0.461. The Balaban J connectivity index is 0.00000441. The maximum absolute atomic E-state index is 12.1. The van der Waals surface area contributed by atoms with E-state index >= 15 is 0 Å². The number of carbonyl (C=O) groups is 1. The van der Waals surface area contributed by atoms with Crippen LogP contribution in [-0.4, -0.2) is 41.2 Å². The number of hydrogen-bond donors (Lipinski definition) is 2. The lowest BCUT2D eigenvalue weighted by Crippen LogP contribution is -2.29. The quantitative estimate of drug-likeness (QED) is 0.706. The summed E-state index contributed by atoms with van der Waals surface area (Å²) in [7, 11) is -1.09. The monoisotopic (exact) mass is 352 g/mol. The molecule has 0 heterocycles. The van der Waals surface area contributed by atoms with Crippen molar-refractivity contribution in [1.29, 1.82) is 0 Å². The lowest BCUT2D eigenvalue weighted by molar-refractivity contribution is 0.0597. The Morgan fingerprint density at radius 3 is 2.50 bits per heavy atom. The summed E-state index contributed by atoms with van der Waals surface area (Å²) in [6.07, 6.45) is 0.524. The number of nitrogens with one attached hydrogen (secondary N) is 1. The molecular weight excluding hydrogens is 332 g/mol. The number of ether oxygens (including phenoxy) is 2. The molecule has 22 heavy (non-hydrogen) atoms. The third-order valence-corrected chi connectivity index (χ3v) is 4.24. The summed E-state index contributed by atoms with van der Waals surface area (Å²) in [6, 6.07) is 3.86. The number of hydrogen-bond acceptors (Lipinski definition) is 6. The van der Waals surface area contributed by atoms with Crippen molar-refractivity contribution in [2.24, 2.45) is 5.73 Å². The molecule has 1 rings (SSSR count). The van der Waals surface area contributed by atoms with Gasteiger partial charge in [0, 0.05) is 18.7 Å². The summed E-state index contributed by atoms with van der Waals surface area (Å²) < 4.78 is 36.3. The third kappa shape index (κ3) is 5.45. The molecule has 1 atom stereocenters. The van der Waals surface area contributed by atoms with Crippen molar-refractivity contribution in [2.75, 3.05) is 20.8 Å². The van der Waals surface area contributed by atoms with Gasteiger partial charge in [0.25, 0.3) is 0 Å². The second-order valence-corrected chi connectivity index (χ2v) is 6.28. The molecule has 7 nitrogen and oxygen atoms in total. The van der Waals surface area contributed by atoms with Gasteiger partial charge in [-0.2, -0.15) is 0 Å². The van der Waals surface area contributed by atoms with Crippen LogP contribution in [0.1, 0.15) is 23.7 Å². The van der Waals surface area contributed by atoms with E-state index in [1.807, 2.05) is 0 Å². The van der Waals surface area contributed by atoms with Crippen LogP contribution >= 0.6 is 12.4 Å². The van der Waals surface area contributed by atoms with E-state index in [1.54, 1.807) is 6.92 Å². The molecule has 0 amide bonds. The highest BCUT2D eigenvalue weighted by atomic mass is 35.5. The predicted molar refractivity (Wildman–Crippen MR) is 85.0 cm³/mol. The molecule has 9 heteroatoms. The molecule has 0 aliphatic heterocycles. The van der Waals surface area contributed by atoms with Gasteiger partial charge in [-0.15, -0.1) is 12.4 Å². The van der Waals surface area contributed by atoms with Crippen molar-refractivity contribution in [1.82, 2.24) is 4.72 Å². The molecule has 0 fully saturated rings. The van der Waals surface area contributed by atoms with E-state index in [9.17, 15) is 13.2 Å². The molecule has 3 N–H and O–H groups in total. The minimum absolute atomic E-state index is 0. The smallest absolute Gasteiger partial charge is 0.341 e. The normalized spacial score (nSPS) is 12.2. The Kier molecular flexibility index (Phi) is 8.39. The molecule has 0 saturated carbocycles. The molecule has 0 aliphatic carbocycles. The lowest BCUT2D eigenvalue weighted by Gasteiger charge is -2.11. The van der Waals surface area contributed by atoms with Crippen LogP contribution in [0.15, 0.2) is 23.1 Å². The number of methoxy groups -OCH3 is 2. The van der Waals surface area contributed by atoms with Gasteiger partial charge in [-0.05, 0) is 25.5 Å². The molecule has 1 aromatic rings. The SMILES string of the molecule is COC(=O)c1ccc(S(=O)(=O)NCCC(C)N)cc1OC.Cl. The van der Waals surface area contributed by atoms with Crippen molar-refractivity contribution < 1.29 is 22.7 Å². The average Bonchev–Trinajstić information content (AvgIpc) is 2.45. The van der Waals surface area contributed by atoms with Gasteiger partial charge >= 0.3 is 5.97 Å². The van der Waals surface area contributed by atoms with Crippen LogP contribution in [-0.2, 0) is 14.8 Å². The van der Waals surface area contributed by atoms with Crippen LogP contribution in [0.25, 0.3) is 0 Å². The van der Waals surface area contributed by atoms with Crippen molar-refractivity contribution >= 4 is 28.4 Å². The third-order valence-electron chi connectivity index (χ3n) is 2.78. The van der Waals surface area contributed by atoms with Crippen LogP contribution < -0.4 is 15.2 Å². The first-order valence-electron chi connectivity index (χ1n) is 6.33. The molecule has 0 aromatic heterocycles. The van der Waals surface area contributed by atoms with E-state index in [4.69, 9.17) is 10.5 Å². The van der Waals surface area contributed by atoms with Gasteiger partial charge in [-0.1, -0.05) is 0 Å². The van der Waals surface area contributed by atoms with Crippen molar-refractivity contribution in [3.05, 3.63) is 23.8 Å². The number of esters is 1. The molecule has 0 bridgehead atoms. The Morgan fingerprint density at radius 1 is 1.36 bits per heavy atom. The minimum Gasteiger partial charge on any atom is -0.496 e. The Bertz CT molecular complexity index is 604. The Morgan fingerprint density at radius 2 is 2.00 bits per heavy atom. The van der Waals surface area contributed by atoms with Crippen molar-refractivity contribution in [3.8, 4) is 5.75 Å². The summed E-state index contributed by atoms with van der Waals surface area (Å²) in [5.41, 5.74) is 5.73. The largest absolute Gasteiger partial charge is 0.496 e. The number of benzene rings is 1. The summed E-state index contributed by atoms with van der Waals surface area (Å²) in [4.78, 5) is 11.5. The summed E-state index contributed by atoms with van der Waals surface area (Å²) >= 11 is 0. The topological polar surface area (TPSA) is 108 Å². The number of carbonyl (C=O) groups excluding carboxylic acids is 1. The fraction of sp³-hybridized carbons (Fsp3) is 0.462. The molecular formula is C13H21ClN2O5S. The molecule has 0 aliphatic rings. The second-order valence-electron chi connectivity index (χ2n) is 4.52. The summed E-state index contributed by atoms with van der Waals surface area (Å²) in [5, 5.41) is 0. The second kappa shape index (κ2) is 8.94. The van der Waals surface area contributed by atoms with Crippen LogP contribution in [0.3, 0.4) is 0 Å². The van der Waals surface area contributed by atoms with Gasteiger partial charge in [-0.3, -0.25) is 0 Å².